The normalized spacial score (nSPS) is 30.5. The minimum absolute atomic E-state index is 0.0115. The standard InChI is InChI=1S/C52H72N4O12/c1-8-45-40(32-64-52(62)54-31-37-15-10-9-11-16-37)27-33(2)18-20-42(55-65-26-13-12-25-63-41-19-21-43-38(29-41)17-14-23-53-43)34(3)28-39(22-24-57)50(35(4)44(58)30-46(59)67-45)68-51-49(61)47(56(6)7)48(60)36(5)66-51/h9-11,14-21,23-24,27,29,34-36,39-40,44-45,47-51,58,60-61H,8,12-13,22,25-26,28,30-32H2,1-7H3,(H,54,62)/b20-18+,33-27+,55-42+/t34-,35+,36+,39+,40?,44-,45-,47-,48+,49+,50-,51-/m1/s1. The summed E-state index contributed by atoms with van der Waals surface area (Å²) in [6, 6.07) is 18.4. The van der Waals surface area contributed by atoms with E-state index in [1.165, 1.54) is 0 Å². The highest BCUT2D eigenvalue weighted by Gasteiger charge is 2.47. The number of alkyl carbamates (subject to hydrolysis) is 1. The van der Waals surface area contributed by atoms with Crippen LogP contribution in [0.25, 0.3) is 10.9 Å². The summed E-state index contributed by atoms with van der Waals surface area (Å²) in [6.07, 6.45) is 1.86. The molecule has 1 fully saturated rings. The van der Waals surface area contributed by atoms with Crippen LogP contribution in [-0.2, 0) is 39.9 Å². The Labute approximate surface area is 400 Å². The number of pyridine rings is 1. The van der Waals surface area contributed by atoms with Crippen LogP contribution in [0.2, 0.25) is 0 Å². The van der Waals surface area contributed by atoms with E-state index < -0.39 is 85.2 Å². The van der Waals surface area contributed by atoms with Gasteiger partial charge in [0.1, 0.15) is 37.5 Å². The summed E-state index contributed by atoms with van der Waals surface area (Å²) in [5.41, 5.74) is 3.13. The molecular weight excluding hydrogens is 873 g/mol. The molecule has 1 amide bonds. The number of hydrogen-bond donors (Lipinski definition) is 4. The summed E-state index contributed by atoms with van der Waals surface area (Å²) < 4.78 is 30.4. The highest BCUT2D eigenvalue weighted by atomic mass is 16.7. The summed E-state index contributed by atoms with van der Waals surface area (Å²) in [5, 5.41) is 42.7. The predicted octanol–water partition coefficient (Wildman–Crippen LogP) is 6.55. The second-order valence-corrected chi connectivity index (χ2v) is 18.2. The van der Waals surface area contributed by atoms with E-state index in [1.54, 1.807) is 39.0 Å². The Kier molecular flexibility index (Phi) is 21.4. The minimum atomic E-state index is -1.31. The van der Waals surface area contributed by atoms with Crippen molar-refractivity contribution in [3.8, 4) is 5.75 Å². The topological polar surface area (TPSA) is 208 Å². The summed E-state index contributed by atoms with van der Waals surface area (Å²) >= 11 is 0. The zero-order valence-corrected chi connectivity index (χ0v) is 40.5. The summed E-state index contributed by atoms with van der Waals surface area (Å²) in [4.78, 5) is 51.1. The van der Waals surface area contributed by atoms with E-state index in [1.807, 2.05) is 99.7 Å². The number of aromatic nitrogens is 1. The molecule has 68 heavy (non-hydrogen) atoms. The lowest BCUT2D eigenvalue weighted by Crippen LogP contribution is -2.63. The monoisotopic (exact) mass is 945 g/mol. The van der Waals surface area contributed by atoms with E-state index >= 15 is 0 Å². The van der Waals surface area contributed by atoms with Crippen molar-refractivity contribution in [2.45, 2.75) is 129 Å². The summed E-state index contributed by atoms with van der Waals surface area (Å²) in [6.45, 7) is 10.0. The number of cyclic esters (lactones) is 1. The van der Waals surface area contributed by atoms with E-state index in [4.69, 9.17) is 28.5 Å². The zero-order valence-electron chi connectivity index (χ0n) is 40.5. The lowest BCUT2D eigenvalue weighted by Gasteiger charge is -2.46. The number of nitrogens with zero attached hydrogens (tertiary/aromatic N) is 3. The van der Waals surface area contributed by atoms with Crippen LogP contribution in [0.15, 0.2) is 95.8 Å². The van der Waals surface area contributed by atoms with Crippen LogP contribution in [0.4, 0.5) is 4.79 Å². The van der Waals surface area contributed by atoms with Crippen LogP contribution in [0.5, 0.6) is 5.75 Å². The molecule has 2 aliphatic heterocycles. The molecule has 4 N–H and O–H groups in total. The predicted molar refractivity (Wildman–Crippen MR) is 257 cm³/mol. The molecule has 372 valence electrons. The van der Waals surface area contributed by atoms with Gasteiger partial charge in [-0.2, -0.15) is 0 Å². The Bertz CT molecular complexity index is 2130. The second kappa shape index (κ2) is 27.1. The molecule has 0 aliphatic carbocycles. The highest BCUT2D eigenvalue weighted by Crippen LogP contribution is 2.35. The number of oxime groups is 1. The number of carbonyl (C=O) groups excluding carboxylic acids is 3. The number of aldehydes is 1. The maximum atomic E-state index is 13.7. The number of fused-ring (bicyclic) bond motifs is 1. The molecule has 3 heterocycles. The summed E-state index contributed by atoms with van der Waals surface area (Å²) in [5.74, 6) is -2.19. The van der Waals surface area contributed by atoms with Gasteiger partial charge in [-0.1, -0.05) is 80.1 Å². The number of likely N-dealkylation sites (N-methyl/N-ethyl adjacent to an activating group) is 1. The van der Waals surface area contributed by atoms with Crippen molar-refractivity contribution in [3.63, 3.8) is 0 Å². The Hall–Kier alpha value is -5.23. The average Bonchev–Trinajstić information content (AvgIpc) is 3.32. The molecule has 5 rings (SSSR count). The van der Waals surface area contributed by atoms with Crippen molar-refractivity contribution in [2.75, 3.05) is 33.9 Å². The molecule has 16 nitrogen and oxygen atoms in total. The van der Waals surface area contributed by atoms with Crippen LogP contribution in [-0.4, -0.2) is 132 Å². The van der Waals surface area contributed by atoms with Crippen LogP contribution >= 0.6 is 0 Å². The number of rotatable bonds is 17. The molecule has 1 aromatic heterocycles. The first-order valence-electron chi connectivity index (χ1n) is 23.8. The fourth-order valence-corrected chi connectivity index (χ4v) is 8.76. The molecule has 1 saturated heterocycles. The summed E-state index contributed by atoms with van der Waals surface area (Å²) in [7, 11) is 3.47. The van der Waals surface area contributed by atoms with E-state index in [0.717, 1.165) is 34.1 Å². The first kappa shape index (κ1) is 53.7. The number of aliphatic hydroxyl groups excluding tert-OH is 3. The average molecular weight is 945 g/mol. The molecule has 0 spiro atoms. The van der Waals surface area contributed by atoms with Crippen LogP contribution in [0.3, 0.4) is 0 Å². The number of benzene rings is 2. The van der Waals surface area contributed by atoms with Gasteiger partial charge in [-0.05, 0) is 95.4 Å². The van der Waals surface area contributed by atoms with Gasteiger partial charge in [0, 0.05) is 42.3 Å². The third kappa shape index (κ3) is 15.9. The third-order valence-electron chi connectivity index (χ3n) is 12.7. The largest absolute Gasteiger partial charge is 0.494 e. The highest BCUT2D eigenvalue weighted by molar-refractivity contribution is 5.96. The van der Waals surface area contributed by atoms with Gasteiger partial charge in [-0.3, -0.25) is 9.78 Å². The Balaban J connectivity index is 1.40. The van der Waals surface area contributed by atoms with E-state index in [0.29, 0.717) is 44.6 Å². The van der Waals surface area contributed by atoms with Gasteiger partial charge in [0.25, 0.3) is 0 Å². The van der Waals surface area contributed by atoms with Crippen molar-refractivity contribution < 1.29 is 58.2 Å². The molecular formula is C52H72N4O12. The second-order valence-electron chi connectivity index (χ2n) is 18.2. The number of carbonyl (C=O) groups is 3. The number of esters is 1. The Morgan fingerprint density at radius 2 is 1.76 bits per heavy atom. The quantitative estimate of drug-likeness (QED) is 0.0490. The Morgan fingerprint density at radius 3 is 2.50 bits per heavy atom. The number of ether oxygens (including phenoxy) is 5. The van der Waals surface area contributed by atoms with Crippen molar-refractivity contribution in [1.29, 1.82) is 0 Å². The van der Waals surface area contributed by atoms with Crippen LogP contribution in [0.1, 0.15) is 78.7 Å². The smallest absolute Gasteiger partial charge is 0.407 e. The molecule has 0 bridgehead atoms. The van der Waals surface area contributed by atoms with Gasteiger partial charge in [-0.25, -0.2) is 4.79 Å². The molecule has 2 aromatic carbocycles. The van der Waals surface area contributed by atoms with Gasteiger partial charge < -0.3 is 58.9 Å². The van der Waals surface area contributed by atoms with Crippen molar-refractivity contribution in [2.24, 2.45) is 28.8 Å². The molecule has 12 atom stereocenters. The fraction of sp³-hybridized carbons (Fsp3) is 0.558. The number of aliphatic hydroxyl groups is 3. The lowest BCUT2D eigenvalue weighted by atomic mass is 9.79. The van der Waals surface area contributed by atoms with Gasteiger partial charge in [0.15, 0.2) is 6.29 Å². The molecule has 3 aromatic rings. The molecule has 16 heteroatoms. The van der Waals surface area contributed by atoms with Crippen LogP contribution < -0.4 is 10.1 Å². The van der Waals surface area contributed by atoms with Crippen LogP contribution in [0, 0.1) is 23.7 Å². The van der Waals surface area contributed by atoms with E-state index in [9.17, 15) is 29.7 Å². The number of amides is 1. The number of allylic oxidation sites excluding steroid dienone is 3. The lowest BCUT2D eigenvalue weighted by molar-refractivity contribution is -0.304. The van der Waals surface area contributed by atoms with Gasteiger partial charge in [0.2, 0.25) is 0 Å². The van der Waals surface area contributed by atoms with E-state index in [2.05, 4.69) is 15.5 Å². The van der Waals surface area contributed by atoms with Crippen molar-refractivity contribution >= 4 is 35.0 Å². The maximum Gasteiger partial charge on any atom is 0.407 e. The number of hydrogen-bond acceptors (Lipinski definition) is 15. The van der Waals surface area contributed by atoms with Crippen molar-refractivity contribution in [1.82, 2.24) is 15.2 Å². The van der Waals surface area contributed by atoms with Gasteiger partial charge >= 0.3 is 12.1 Å². The Morgan fingerprint density at radius 1 is 1.00 bits per heavy atom. The number of unbranched alkanes of at least 4 members (excludes halogenated alkanes) is 1. The number of nitrogens with one attached hydrogen (secondary N) is 1. The van der Waals surface area contributed by atoms with E-state index in [-0.39, 0.29) is 25.5 Å². The van der Waals surface area contributed by atoms with Crippen molar-refractivity contribution in [3.05, 3.63) is 96.2 Å². The first-order valence-corrected chi connectivity index (χ1v) is 23.8. The molecule has 2 aliphatic rings. The van der Waals surface area contributed by atoms with Gasteiger partial charge in [-0.15, -0.1) is 0 Å². The SMILES string of the molecule is CC[C@H]1OC(=O)C[C@@H](O)[C@H](C)[C@@H](O[C@H]2O[C@@H](C)[C@H](O)[C@@H](N(C)C)[C@@H]2O)[C@@H](CC=O)C[C@@H](C)C(=N/OCCCCOc2ccc3ncccc3c2)/C=C/C(C)=C/C1COC(=O)NCc1ccccc1. The third-order valence-corrected chi connectivity index (χ3v) is 12.7. The first-order chi connectivity index (χ1) is 32.7. The zero-order chi connectivity index (χ0) is 49.2. The maximum absolute atomic E-state index is 13.7. The molecule has 0 radical (unpaired) electrons. The fourth-order valence-electron chi connectivity index (χ4n) is 8.76. The van der Waals surface area contributed by atoms with Gasteiger partial charge in [0.05, 0.1) is 54.7 Å². The minimum Gasteiger partial charge on any atom is -0.494 e. The molecule has 0 saturated carbocycles. The molecule has 1 unspecified atom stereocenters.